The van der Waals surface area contributed by atoms with Crippen molar-refractivity contribution in [2.24, 2.45) is 0 Å². The Bertz CT molecular complexity index is 1240. The van der Waals surface area contributed by atoms with E-state index < -0.39 is 11.8 Å². The quantitative estimate of drug-likeness (QED) is 0.348. The number of aromatic nitrogens is 1. The SMILES string of the molecule is CC(C)c1ccc(N2C(=O)/C(=C/c3cccn3-c3ccc(N(C)C)cc3)C(=O)NC2=S)cc1. The number of anilines is 2. The van der Waals surface area contributed by atoms with Gasteiger partial charge in [-0.2, -0.15) is 0 Å². The first-order chi connectivity index (χ1) is 15.8. The molecule has 33 heavy (non-hydrogen) atoms. The van der Waals surface area contributed by atoms with Crippen molar-refractivity contribution in [3.63, 3.8) is 0 Å². The number of amides is 2. The molecule has 6 nitrogen and oxygen atoms in total. The fourth-order valence-corrected chi connectivity index (χ4v) is 3.99. The van der Waals surface area contributed by atoms with Crippen LogP contribution in [0.3, 0.4) is 0 Å². The van der Waals surface area contributed by atoms with E-state index in [4.69, 9.17) is 12.2 Å². The van der Waals surface area contributed by atoms with Gasteiger partial charge in [0.15, 0.2) is 5.11 Å². The van der Waals surface area contributed by atoms with Gasteiger partial charge in [0.05, 0.1) is 5.69 Å². The molecule has 1 aromatic heterocycles. The molecule has 2 amide bonds. The van der Waals surface area contributed by atoms with E-state index in [9.17, 15) is 9.59 Å². The summed E-state index contributed by atoms with van der Waals surface area (Å²) in [5.41, 5.74) is 4.54. The van der Waals surface area contributed by atoms with Gasteiger partial charge in [-0.3, -0.25) is 19.8 Å². The van der Waals surface area contributed by atoms with Crippen molar-refractivity contribution in [1.82, 2.24) is 9.88 Å². The highest BCUT2D eigenvalue weighted by atomic mass is 32.1. The highest BCUT2D eigenvalue weighted by molar-refractivity contribution is 7.80. The van der Waals surface area contributed by atoms with E-state index in [2.05, 4.69) is 19.2 Å². The molecule has 1 aliphatic heterocycles. The van der Waals surface area contributed by atoms with Gasteiger partial charge in [0.2, 0.25) is 0 Å². The fourth-order valence-electron chi connectivity index (χ4n) is 3.71. The van der Waals surface area contributed by atoms with Crippen LogP contribution in [0.2, 0.25) is 0 Å². The Morgan fingerprint density at radius 1 is 0.939 bits per heavy atom. The summed E-state index contributed by atoms with van der Waals surface area (Å²) < 4.78 is 1.93. The lowest BCUT2D eigenvalue weighted by molar-refractivity contribution is -0.122. The second-order valence-electron chi connectivity index (χ2n) is 8.42. The minimum Gasteiger partial charge on any atom is -0.378 e. The Morgan fingerprint density at radius 3 is 2.18 bits per heavy atom. The van der Waals surface area contributed by atoms with Crippen LogP contribution in [-0.2, 0) is 9.59 Å². The summed E-state index contributed by atoms with van der Waals surface area (Å²) in [6, 6.07) is 19.4. The first kappa shape index (κ1) is 22.5. The Hall–Kier alpha value is -3.71. The van der Waals surface area contributed by atoms with Gasteiger partial charge in [-0.1, -0.05) is 26.0 Å². The maximum absolute atomic E-state index is 13.4. The number of carbonyl (C=O) groups is 2. The van der Waals surface area contributed by atoms with E-state index in [1.54, 1.807) is 6.08 Å². The van der Waals surface area contributed by atoms with Crippen molar-refractivity contribution < 1.29 is 9.59 Å². The van der Waals surface area contributed by atoms with E-state index in [0.29, 0.717) is 17.3 Å². The largest absolute Gasteiger partial charge is 0.378 e. The molecule has 0 spiro atoms. The Kier molecular flexibility index (Phi) is 6.16. The first-order valence-corrected chi connectivity index (χ1v) is 11.1. The summed E-state index contributed by atoms with van der Waals surface area (Å²) >= 11 is 5.32. The maximum Gasteiger partial charge on any atom is 0.270 e. The van der Waals surface area contributed by atoms with E-state index in [1.807, 2.05) is 90.4 Å². The molecule has 168 valence electrons. The third-order valence-corrected chi connectivity index (χ3v) is 5.92. The predicted molar refractivity (Wildman–Crippen MR) is 137 cm³/mol. The number of benzene rings is 2. The molecule has 7 heteroatoms. The van der Waals surface area contributed by atoms with Gasteiger partial charge in [-0.25, -0.2) is 0 Å². The number of nitrogens with zero attached hydrogens (tertiary/aromatic N) is 3. The van der Waals surface area contributed by atoms with Crippen LogP contribution >= 0.6 is 12.2 Å². The monoisotopic (exact) mass is 458 g/mol. The number of hydrogen-bond acceptors (Lipinski definition) is 4. The topological polar surface area (TPSA) is 57.6 Å². The van der Waals surface area contributed by atoms with Crippen LogP contribution in [0.1, 0.15) is 31.0 Å². The third-order valence-electron chi connectivity index (χ3n) is 5.64. The van der Waals surface area contributed by atoms with Crippen molar-refractivity contribution >= 4 is 46.6 Å². The molecule has 0 bridgehead atoms. The molecule has 1 fully saturated rings. The zero-order valence-corrected chi connectivity index (χ0v) is 19.9. The molecular weight excluding hydrogens is 432 g/mol. The molecule has 2 aromatic carbocycles. The van der Waals surface area contributed by atoms with Gasteiger partial charge in [0.1, 0.15) is 5.57 Å². The highest BCUT2D eigenvalue weighted by Crippen LogP contribution is 2.25. The summed E-state index contributed by atoms with van der Waals surface area (Å²) in [6.45, 7) is 4.21. The molecular formula is C26H26N4O2S. The molecule has 1 saturated heterocycles. The second-order valence-corrected chi connectivity index (χ2v) is 8.80. The average molecular weight is 459 g/mol. The fraction of sp³-hybridized carbons (Fsp3) is 0.192. The van der Waals surface area contributed by atoms with Crippen molar-refractivity contribution in [2.75, 3.05) is 23.9 Å². The molecule has 2 heterocycles. The molecule has 3 aromatic rings. The van der Waals surface area contributed by atoms with Crippen molar-refractivity contribution in [3.05, 3.63) is 83.7 Å². The predicted octanol–water partition coefficient (Wildman–Crippen LogP) is 4.50. The molecule has 0 aliphatic carbocycles. The number of carbonyl (C=O) groups excluding carboxylic acids is 2. The molecule has 4 rings (SSSR count). The number of rotatable bonds is 5. The van der Waals surface area contributed by atoms with Crippen LogP contribution in [-0.4, -0.2) is 35.6 Å². The van der Waals surface area contributed by atoms with Crippen LogP contribution in [0.5, 0.6) is 0 Å². The lowest BCUT2D eigenvalue weighted by Crippen LogP contribution is -2.54. The minimum absolute atomic E-state index is 0.0291. The zero-order chi connectivity index (χ0) is 23.7. The number of nitrogens with one attached hydrogen (secondary N) is 1. The normalized spacial score (nSPS) is 15.4. The van der Waals surface area contributed by atoms with E-state index in [0.717, 1.165) is 16.9 Å². The van der Waals surface area contributed by atoms with Crippen molar-refractivity contribution in [2.45, 2.75) is 19.8 Å². The summed E-state index contributed by atoms with van der Waals surface area (Å²) in [7, 11) is 3.97. The summed E-state index contributed by atoms with van der Waals surface area (Å²) in [5.74, 6) is -0.578. The lowest BCUT2D eigenvalue weighted by Gasteiger charge is -2.29. The molecule has 0 atom stereocenters. The molecule has 0 saturated carbocycles. The van der Waals surface area contributed by atoms with Gasteiger partial charge < -0.3 is 9.47 Å². The van der Waals surface area contributed by atoms with Crippen LogP contribution in [0.15, 0.2) is 72.4 Å². The smallest absolute Gasteiger partial charge is 0.270 e. The van der Waals surface area contributed by atoms with Gasteiger partial charge in [-0.05, 0) is 78.3 Å². The van der Waals surface area contributed by atoms with E-state index >= 15 is 0 Å². The summed E-state index contributed by atoms with van der Waals surface area (Å²) in [5, 5.41) is 2.73. The minimum atomic E-state index is -0.504. The van der Waals surface area contributed by atoms with Gasteiger partial charge in [0.25, 0.3) is 11.8 Å². The third kappa shape index (κ3) is 4.45. The standard InChI is InChI=1S/C26H26N4O2S/c1-17(2)18-7-9-21(10-8-18)30-25(32)23(24(31)27-26(30)33)16-22-6-5-15-29(22)20-13-11-19(12-14-20)28(3)4/h5-17H,1-4H3,(H,27,31,33)/b23-16+. The first-order valence-electron chi connectivity index (χ1n) is 10.7. The number of thiocarbonyl (C=S) groups is 1. The van der Waals surface area contributed by atoms with E-state index in [1.165, 1.54) is 4.90 Å². The Morgan fingerprint density at radius 2 is 1.58 bits per heavy atom. The molecule has 0 unspecified atom stereocenters. The van der Waals surface area contributed by atoms with Gasteiger partial charge >= 0.3 is 0 Å². The average Bonchev–Trinajstić information content (AvgIpc) is 3.25. The van der Waals surface area contributed by atoms with Crippen LogP contribution in [0.4, 0.5) is 11.4 Å². The highest BCUT2D eigenvalue weighted by Gasteiger charge is 2.34. The van der Waals surface area contributed by atoms with Gasteiger partial charge in [-0.15, -0.1) is 0 Å². The Labute approximate surface area is 199 Å². The van der Waals surface area contributed by atoms with Crippen molar-refractivity contribution in [3.8, 4) is 5.69 Å². The summed E-state index contributed by atoms with van der Waals surface area (Å²) in [4.78, 5) is 29.4. The van der Waals surface area contributed by atoms with Crippen LogP contribution in [0, 0.1) is 0 Å². The Balaban J connectivity index is 1.68. The van der Waals surface area contributed by atoms with Gasteiger partial charge in [0, 0.05) is 37.4 Å². The van der Waals surface area contributed by atoms with Crippen LogP contribution in [0.25, 0.3) is 11.8 Å². The zero-order valence-electron chi connectivity index (χ0n) is 19.1. The summed E-state index contributed by atoms with van der Waals surface area (Å²) in [6.07, 6.45) is 3.50. The van der Waals surface area contributed by atoms with E-state index in [-0.39, 0.29) is 10.7 Å². The second kappa shape index (κ2) is 9.03. The molecule has 0 radical (unpaired) electrons. The molecule has 1 aliphatic rings. The van der Waals surface area contributed by atoms with Crippen LogP contribution < -0.4 is 15.1 Å². The lowest BCUT2D eigenvalue weighted by atomic mass is 10.0. The molecule has 1 N–H and O–H groups in total. The van der Waals surface area contributed by atoms with Crippen molar-refractivity contribution in [1.29, 1.82) is 0 Å². The maximum atomic E-state index is 13.4. The number of hydrogen-bond donors (Lipinski definition) is 1.